The van der Waals surface area contributed by atoms with Gasteiger partial charge in [0.15, 0.2) is 0 Å². The molecular formula is C17H22FNO3. The molecule has 2 rings (SSSR count). The second-order valence-corrected chi connectivity index (χ2v) is 6.67. The molecule has 1 aliphatic heterocycles. The Labute approximate surface area is 130 Å². The second kappa shape index (κ2) is 6.46. The Balaban J connectivity index is 2.02. The van der Waals surface area contributed by atoms with Crippen molar-refractivity contribution in [3.05, 3.63) is 35.6 Å². The third kappa shape index (κ3) is 4.55. The lowest BCUT2D eigenvalue weighted by atomic mass is 9.90. The van der Waals surface area contributed by atoms with Gasteiger partial charge in [-0.05, 0) is 44.9 Å². The minimum atomic E-state index is -0.559. The average Bonchev–Trinajstić information content (AvgIpc) is 2.39. The normalized spacial score (nSPS) is 19.2. The standard InChI is InChI=1S/C17H22FNO3/c1-17(2,3)22-16(21)19-8-7-15(20)13(11-19)9-12-5-4-6-14(18)10-12/h4-6,10,13H,7-9,11H2,1-3H3/t13-/m1/s1. The monoisotopic (exact) mass is 307 g/mol. The molecule has 1 aromatic carbocycles. The van der Waals surface area contributed by atoms with E-state index in [-0.39, 0.29) is 17.5 Å². The maximum Gasteiger partial charge on any atom is 0.410 e. The number of ketones is 1. The molecule has 1 amide bonds. The molecule has 1 atom stereocenters. The van der Waals surface area contributed by atoms with Gasteiger partial charge in [-0.15, -0.1) is 0 Å². The molecule has 120 valence electrons. The Morgan fingerprint density at radius 3 is 2.77 bits per heavy atom. The van der Waals surface area contributed by atoms with Gasteiger partial charge in [0.25, 0.3) is 0 Å². The van der Waals surface area contributed by atoms with E-state index in [4.69, 9.17) is 4.74 Å². The van der Waals surface area contributed by atoms with E-state index in [0.29, 0.717) is 25.9 Å². The van der Waals surface area contributed by atoms with Crippen LogP contribution in [0, 0.1) is 11.7 Å². The largest absolute Gasteiger partial charge is 0.444 e. The van der Waals surface area contributed by atoms with E-state index < -0.39 is 11.7 Å². The first-order valence-electron chi connectivity index (χ1n) is 7.50. The van der Waals surface area contributed by atoms with Crippen LogP contribution >= 0.6 is 0 Å². The highest BCUT2D eigenvalue weighted by Gasteiger charge is 2.32. The first-order valence-corrected chi connectivity index (χ1v) is 7.50. The van der Waals surface area contributed by atoms with E-state index in [0.717, 1.165) is 5.56 Å². The average molecular weight is 307 g/mol. The number of carbonyl (C=O) groups is 2. The van der Waals surface area contributed by atoms with E-state index in [1.165, 1.54) is 12.1 Å². The number of carbonyl (C=O) groups excluding carboxylic acids is 2. The summed E-state index contributed by atoms with van der Waals surface area (Å²) < 4.78 is 18.6. The van der Waals surface area contributed by atoms with Crippen molar-refractivity contribution in [2.75, 3.05) is 13.1 Å². The van der Waals surface area contributed by atoms with Gasteiger partial charge in [-0.3, -0.25) is 4.79 Å². The molecule has 0 unspecified atom stereocenters. The molecule has 1 heterocycles. The molecule has 1 aliphatic rings. The fraction of sp³-hybridized carbons (Fsp3) is 0.529. The van der Waals surface area contributed by atoms with Crippen molar-refractivity contribution < 1.29 is 18.7 Å². The molecule has 0 spiro atoms. The Bertz CT molecular complexity index is 565. The van der Waals surface area contributed by atoms with Gasteiger partial charge in [0.05, 0.1) is 0 Å². The molecule has 0 aromatic heterocycles. The predicted octanol–water partition coefficient (Wildman–Crippen LogP) is 3.19. The third-order valence-electron chi connectivity index (χ3n) is 3.55. The van der Waals surface area contributed by atoms with Crippen LogP contribution in [0.25, 0.3) is 0 Å². The molecule has 22 heavy (non-hydrogen) atoms. The maximum absolute atomic E-state index is 13.2. The Morgan fingerprint density at radius 1 is 1.41 bits per heavy atom. The highest BCUT2D eigenvalue weighted by atomic mass is 19.1. The van der Waals surface area contributed by atoms with E-state index in [1.54, 1.807) is 17.0 Å². The minimum Gasteiger partial charge on any atom is -0.444 e. The van der Waals surface area contributed by atoms with Crippen LogP contribution in [-0.4, -0.2) is 35.5 Å². The van der Waals surface area contributed by atoms with Crippen LogP contribution < -0.4 is 0 Å². The molecule has 4 nitrogen and oxygen atoms in total. The van der Waals surface area contributed by atoms with Gasteiger partial charge in [-0.1, -0.05) is 12.1 Å². The third-order valence-corrected chi connectivity index (χ3v) is 3.55. The Kier molecular flexibility index (Phi) is 4.84. The molecule has 1 fully saturated rings. The molecule has 0 N–H and O–H groups in total. The van der Waals surface area contributed by atoms with Crippen molar-refractivity contribution in [3.8, 4) is 0 Å². The number of rotatable bonds is 2. The molecule has 1 saturated heterocycles. The molecule has 0 saturated carbocycles. The number of ether oxygens (including phenoxy) is 1. The zero-order chi connectivity index (χ0) is 16.3. The summed E-state index contributed by atoms with van der Waals surface area (Å²) in [5.41, 5.74) is 0.209. The number of amides is 1. The first kappa shape index (κ1) is 16.5. The van der Waals surface area contributed by atoms with Gasteiger partial charge in [0.1, 0.15) is 17.2 Å². The summed E-state index contributed by atoms with van der Waals surface area (Å²) in [7, 11) is 0. The van der Waals surface area contributed by atoms with Crippen molar-refractivity contribution in [2.45, 2.75) is 39.2 Å². The van der Waals surface area contributed by atoms with Gasteiger partial charge in [-0.25, -0.2) is 9.18 Å². The molecule has 1 aromatic rings. The number of piperidine rings is 1. The van der Waals surface area contributed by atoms with Gasteiger partial charge >= 0.3 is 6.09 Å². The smallest absolute Gasteiger partial charge is 0.410 e. The van der Waals surface area contributed by atoms with E-state index >= 15 is 0 Å². The number of Topliss-reactive ketones (excluding diaryl/α,β-unsaturated/α-hetero) is 1. The second-order valence-electron chi connectivity index (χ2n) is 6.67. The van der Waals surface area contributed by atoms with Crippen molar-refractivity contribution in [2.24, 2.45) is 5.92 Å². The summed E-state index contributed by atoms with van der Waals surface area (Å²) in [5.74, 6) is -0.503. The number of likely N-dealkylation sites (tertiary alicyclic amines) is 1. The van der Waals surface area contributed by atoms with E-state index in [1.807, 2.05) is 20.8 Å². The van der Waals surface area contributed by atoms with Crippen LogP contribution in [-0.2, 0) is 16.0 Å². The summed E-state index contributed by atoms with van der Waals surface area (Å²) in [6.45, 7) is 6.14. The first-order chi connectivity index (χ1) is 10.2. The van der Waals surface area contributed by atoms with Crippen LogP contribution in [0.1, 0.15) is 32.8 Å². The molecule has 5 heteroatoms. The fourth-order valence-corrected chi connectivity index (χ4v) is 2.53. The lowest BCUT2D eigenvalue weighted by Gasteiger charge is -2.33. The van der Waals surface area contributed by atoms with Gasteiger partial charge in [0, 0.05) is 25.4 Å². The van der Waals surface area contributed by atoms with Crippen LogP contribution in [0.5, 0.6) is 0 Å². The fourth-order valence-electron chi connectivity index (χ4n) is 2.53. The molecule has 0 bridgehead atoms. The summed E-state index contributed by atoms with van der Waals surface area (Å²) in [6.07, 6.45) is 0.360. The van der Waals surface area contributed by atoms with Gasteiger partial charge in [-0.2, -0.15) is 0 Å². The maximum atomic E-state index is 13.2. The van der Waals surface area contributed by atoms with Crippen LogP contribution in [0.3, 0.4) is 0 Å². The highest BCUT2D eigenvalue weighted by molar-refractivity contribution is 5.84. The van der Waals surface area contributed by atoms with Crippen LogP contribution in [0.2, 0.25) is 0 Å². The zero-order valence-corrected chi connectivity index (χ0v) is 13.3. The molecule has 0 radical (unpaired) electrons. The number of halogens is 1. The van der Waals surface area contributed by atoms with Crippen LogP contribution in [0.15, 0.2) is 24.3 Å². The SMILES string of the molecule is CC(C)(C)OC(=O)N1CCC(=O)[C@H](Cc2cccc(F)c2)C1. The predicted molar refractivity (Wildman–Crippen MR) is 81.0 cm³/mol. The summed E-state index contributed by atoms with van der Waals surface area (Å²) >= 11 is 0. The summed E-state index contributed by atoms with van der Waals surface area (Å²) in [4.78, 5) is 25.7. The Morgan fingerprint density at radius 2 is 2.14 bits per heavy atom. The summed E-state index contributed by atoms with van der Waals surface area (Å²) in [5, 5.41) is 0. The number of nitrogens with zero attached hydrogens (tertiary/aromatic N) is 1. The molecule has 0 aliphatic carbocycles. The van der Waals surface area contributed by atoms with Gasteiger partial charge < -0.3 is 9.64 Å². The highest BCUT2D eigenvalue weighted by Crippen LogP contribution is 2.20. The number of benzene rings is 1. The number of hydrogen-bond acceptors (Lipinski definition) is 3. The quantitative estimate of drug-likeness (QED) is 0.843. The van der Waals surface area contributed by atoms with E-state index in [9.17, 15) is 14.0 Å². The summed E-state index contributed by atoms with van der Waals surface area (Å²) in [6, 6.07) is 6.23. The zero-order valence-electron chi connectivity index (χ0n) is 13.3. The van der Waals surface area contributed by atoms with Crippen LogP contribution in [0.4, 0.5) is 9.18 Å². The van der Waals surface area contributed by atoms with Crippen molar-refractivity contribution in [1.29, 1.82) is 0 Å². The van der Waals surface area contributed by atoms with E-state index in [2.05, 4.69) is 0 Å². The lowest BCUT2D eigenvalue weighted by molar-refractivity contribution is -0.125. The molecular weight excluding hydrogens is 285 g/mol. The topological polar surface area (TPSA) is 46.6 Å². The van der Waals surface area contributed by atoms with Crippen molar-refractivity contribution in [3.63, 3.8) is 0 Å². The minimum absolute atomic E-state index is 0.115. The van der Waals surface area contributed by atoms with Gasteiger partial charge in [0.2, 0.25) is 0 Å². The Hall–Kier alpha value is -1.91. The lowest BCUT2D eigenvalue weighted by Crippen LogP contribution is -2.46. The number of hydrogen-bond donors (Lipinski definition) is 0. The van der Waals surface area contributed by atoms with Crippen molar-refractivity contribution in [1.82, 2.24) is 4.90 Å². The van der Waals surface area contributed by atoms with Crippen molar-refractivity contribution >= 4 is 11.9 Å².